The molecule has 3 aromatic carbocycles. The largest absolute Gasteiger partial charge is 0.380 e. The zero-order valence-electron chi connectivity index (χ0n) is 15.4. The van der Waals surface area contributed by atoms with Crippen molar-refractivity contribution in [3.63, 3.8) is 0 Å². The number of benzene rings is 3. The number of nitrogen functional groups attached to an aromatic ring is 1. The van der Waals surface area contributed by atoms with Crippen molar-refractivity contribution >= 4 is 40.6 Å². The number of hydrogen-bond donors (Lipinski definition) is 2. The van der Waals surface area contributed by atoms with Gasteiger partial charge in [0.05, 0.1) is 11.4 Å². The summed E-state index contributed by atoms with van der Waals surface area (Å²) in [6.45, 7) is 0. The van der Waals surface area contributed by atoms with E-state index in [1.807, 2.05) is 66.7 Å². The third-order valence-corrected chi connectivity index (χ3v) is 5.56. The molecule has 0 amide bonds. The number of nitrogens with zero attached hydrogens (tertiary/aromatic N) is 3. The first kappa shape index (κ1) is 19.2. The number of halogens is 1. The van der Waals surface area contributed by atoms with Gasteiger partial charge in [-0.25, -0.2) is 0 Å². The summed E-state index contributed by atoms with van der Waals surface area (Å²) in [6, 6.07) is 25.6. The number of aromatic nitrogens is 2. The van der Waals surface area contributed by atoms with Crippen LogP contribution < -0.4 is 5.73 Å². The molecule has 0 unspecified atom stereocenters. The first-order valence-corrected chi connectivity index (χ1v) is 10.3. The van der Waals surface area contributed by atoms with Crippen LogP contribution in [0, 0.1) is 0 Å². The standard InChI is InChI=1S/C22H18ClN5S/c23-17-9-11-19(12-10-17)29-14-15-5-4-6-16(13-15)20-21(22(24)28-26-20)27-25-18-7-2-1-3-8-18/h1-13H,14H2,(H3,24,26,28). The Morgan fingerprint density at radius 3 is 2.52 bits per heavy atom. The lowest BCUT2D eigenvalue weighted by atomic mass is 10.1. The molecular formula is C22H18ClN5S. The highest BCUT2D eigenvalue weighted by Crippen LogP contribution is 2.35. The number of hydrogen-bond acceptors (Lipinski definition) is 5. The third-order valence-electron chi connectivity index (χ3n) is 4.22. The number of nitrogens with two attached hydrogens (primary N) is 1. The minimum absolute atomic E-state index is 0.320. The number of nitrogens with one attached hydrogen (secondary N) is 1. The molecule has 0 radical (unpaired) electrons. The van der Waals surface area contributed by atoms with Crippen molar-refractivity contribution in [1.29, 1.82) is 0 Å². The Kier molecular flexibility index (Phi) is 5.93. The summed E-state index contributed by atoms with van der Waals surface area (Å²) in [5.74, 6) is 1.15. The molecule has 0 spiro atoms. The molecule has 144 valence electrons. The van der Waals surface area contributed by atoms with Crippen molar-refractivity contribution in [1.82, 2.24) is 10.2 Å². The second-order valence-corrected chi connectivity index (χ2v) is 7.80. The van der Waals surface area contributed by atoms with Gasteiger partial charge in [-0.1, -0.05) is 48.0 Å². The van der Waals surface area contributed by atoms with Crippen LogP contribution in [-0.4, -0.2) is 10.2 Å². The minimum atomic E-state index is 0.320. The highest BCUT2D eigenvalue weighted by atomic mass is 35.5. The predicted octanol–water partition coefficient (Wildman–Crippen LogP) is 7.02. The molecule has 4 aromatic rings. The van der Waals surface area contributed by atoms with Gasteiger partial charge in [-0.05, 0) is 48.0 Å². The van der Waals surface area contributed by atoms with E-state index in [0.717, 1.165) is 27.7 Å². The monoisotopic (exact) mass is 419 g/mol. The first-order valence-electron chi connectivity index (χ1n) is 8.97. The Morgan fingerprint density at radius 1 is 0.931 bits per heavy atom. The zero-order valence-corrected chi connectivity index (χ0v) is 17.0. The van der Waals surface area contributed by atoms with Gasteiger partial charge < -0.3 is 5.73 Å². The van der Waals surface area contributed by atoms with Crippen LogP contribution in [0.15, 0.2) is 94.0 Å². The van der Waals surface area contributed by atoms with Gasteiger partial charge >= 0.3 is 0 Å². The second kappa shape index (κ2) is 8.94. The van der Waals surface area contributed by atoms with Crippen LogP contribution in [-0.2, 0) is 5.75 Å². The highest BCUT2D eigenvalue weighted by molar-refractivity contribution is 7.98. The third kappa shape index (κ3) is 4.85. The van der Waals surface area contributed by atoms with Gasteiger partial charge in [0, 0.05) is 21.2 Å². The van der Waals surface area contributed by atoms with E-state index >= 15 is 0 Å². The van der Waals surface area contributed by atoms with E-state index in [1.165, 1.54) is 10.5 Å². The molecule has 0 bridgehead atoms. The Bertz CT molecular complexity index is 1120. The first-order chi connectivity index (χ1) is 14.2. The average Bonchev–Trinajstić information content (AvgIpc) is 3.13. The maximum atomic E-state index is 6.02. The van der Waals surface area contributed by atoms with Crippen LogP contribution >= 0.6 is 23.4 Å². The van der Waals surface area contributed by atoms with Gasteiger partial charge in [-0.15, -0.1) is 16.9 Å². The van der Waals surface area contributed by atoms with Gasteiger partial charge in [0.15, 0.2) is 11.5 Å². The van der Waals surface area contributed by atoms with E-state index in [9.17, 15) is 0 Å². The molecule has 29 heavy (non-hydrogen) atoms. The molecule has 3 N–H and O–H groups in total. The van der Waals surface area contributed by atoms with Gasteiger partial charge in [0.1, 0.15) is 0 Å². The lowest BCUT2D eigenvalue weighted by Crippen LogP contribution is -1.85. The van der Waals surface area contributed by atoms with E-state index in [-0.39, 0.29) is 0 Å². The molecule has 1 heterocycles. The predicted molar refractivity (Wildman–Crippen MR) is 120 cm³/mol. The summed E-state index contributed by atoms with van der Waals surface area (Å²) >= 11 is 7.71. The van der Waals surface area contributed by atoms with Crippen molar-refractivity contribution in [2.75, 3.05) is 5.73 Å². The Labute approximate surface area is 178 Å². The Balaban J connectivity index is 1.55. The molecule has 0 atom stereocenters. The fourth-order valence-corrected chi connectivity index (χ4v) is 3.74. The van der Waals surface area contributed by atoms with Crippen molar-refractivity contribution in [3.8, 4) is 11.3 Å². The normalized spacial score (nSPS) is 11.2. The van der Waals surface area contributed by atoms with Gasteiger partial charge in [-0.2, -0.15) is 10.2 Å². The quantitative estimate of drug-likeness (QED) is 0.260. The van der Waals surface area contributed by atoms with Crippen LogP contribution in [0.1, 0.15) is 5.56 Å². The van der Waals surface area contributed by atoms with Crippen molar-refractivity contribution in [3.05, 3.63) is 89.4 Å². The molecular weight excluding hydrogens is 402 g/mol. The summed E-state index contributed by atoms with van der Waals surface area (Å²) in [4.78, 5) is 1.17. The van der Waals surface area contributed by atoms with Crippen LogP contribution in [0.2, 0.25) is 5.02 Å². The number of thioether (sulfide) groups is 1. The topological polar surface area (TPSA) is 79.4 Å². The van der Waals surface area contributed by atoms with Crippen LogP contribution in [0.3, 0.4) is 0 Å². The fourth-order valence-electron chi connectivity index (χ4n) is 2.77. The molecule has 0 aliphatic rings. The minimum Gasteiger partial charge on any atom is -0.380 e. The number of H-pyrrole nitrogens is 1. The van der Waals surface area contributed by atoms with Crippen molar-refractivity contribution in [2.45, 2.75) is 10.6 Å². The van der Waals surface area contributed by atoms with Crippen molar-refractivity contribution in [2.24, 2.45) is 10.2 Å². The molecule has 0 saturated carbocycles. The molecule has 0 aliphatic carbocycles. The van der Waals surface area contributed by atoms with E-state index in [4.69, 9.17) is 17.3 Å². The maximum Gasteiger partial charge on any atom is 0.173 e. The van der Waals surface area contributed by atoms with Crippen LogP contribution in [0.25, 0.3) is 11.3 Å². The molecule has 1 aromatic heterocycles. The summed E-state index contributed by atoms with van der Waals surface area (Å²) in [7, 11) is 0. The molecule has 4 rings (SSSR count). The summed E-state index contributed by atoms with van der Waals surface area (Å²) in [6.07, 6.45) is 0. The molecule has 7 heteroatoms. The lowest BCUT2D eigenvalue weighted by Gasteiger charge is -2.05. The van der Waals surface area contributed by atoms with Gasteiger partial charge in [0.2, 0.25) is 0 Å². The number of anilines is 1. The van der Waals surface area contributed by atoms with E-state index in [1.54, 1.807) is 11.8 Å². The molecule has 0 aliphatic heterocycles. The highest BCUT2D eigenvalue weighted by Gasteiger charge is 2.13. The van der Waals surface area contributed by atoms with Gasteiger partial charge in [-0.3, -0.25) is 5.10 Å². The number of azo groups is 1. The molecule has 5 nitrogen and oxygen atoms in total. The number of rotatable bonds is 6. The van der Waals surface area contributed by atoms with E-state index in [2.05, 4.69) is 32.6 Å². The smallest absolute Gasteiger partial charge is 0.173 e. The molecule has 0 saturated heterocycles. The zero-order chi connectivity index (χ0) is 20.1. The van der Waals surface area contributed by atoms with E-state index < -0.39 is 0 Å². The average molecular weight is 420 g/mol. The fraction of sp³-hybridized carbons (Fsp3) is 0.0455. The SMILES string of the molecule is Nc1n[nH]c(-c2cccc(CSc3ccc(Cl)cc3)c2)c1N=Nc1ccccc1. The Hall–Kier alpha value is -3.09. The summed E-state index contributed by atoms with van der Waals surface area (Å²) in [5.41, 5.74) is 10.2. The summed E-state index contributed by atoms with van der Waals surface area (Å²) in [5, 5.41) is 16.4. The Morgan fingerprint density at radius 2 is 1.72 bits per heavy atom. The summed E-state index contributed by atoms with van der Waals surface area (Å²) < 4.78 is 0. The second-order valence-electron chi connectivity index (χ2n) is 6.31. The van der Waals surface area contributed by atoms with Crippen LogP contribution in [0.5, 0.6) is 0 Å². The van der Waals surface area contributed by atoms with Gasteiger partial charge in [0.25, 0.3) is 0 Å². The lowest BCUT2D eigenvalue weighted by molar-refractivity contribution is 1.10. The number of aromatic amines is 1. The van der Waals surface area contributed by atoms with Crippen molar-refractivity contribution < 1.29 is 0 Å². The van der Waals surface area contributed by atoms with Crippen LogP contribution in [0.4, 0.5) is 17.2 Å². The van der Waals surface area contributed by atoms with E-state index in [0.29, 0.717) is 11.5 Å². The maximum absolute atomic E-state index is 6.02. The molecule has 0 fully saturated rings.